The second-order valence-corrected chi connectivity index (χ2v) is 4.59. The molecule has 0 aliphatic rings. The maximum Gasteiger partial charge on any atom is 0.186 e. The fourth-order valence-corrected chi connectivity index (χ4v) is 1.46. The highest BCUT2D eigenvalue weighted by Crippen LogP contribution is 2.11. The molecule has 1 aromatic carbocycles. The number of hydrogen-bond donors (Lipinski definition) is 0. The van der Waals surface area contributed by atoms with Gasteiger partial charge in [0.25, 0.3) is 0 Å². The predicted molar refractivity (Wildman–Crippen MR) is 71.2 cm³/mol. The number of carbonyl (C=O) groups is 1. The molecular formula is C14H14OS. The van der Waals surface area contributed by atoms with E-state index in [-0.39, 0.29) is 5.12 Å². The molecule has 2 heteroatoms. The van der Waals surface area contributed by atoms with E-state index in [9.17, 15) is 4.79 Å². The summed E-state index contributed by atoms with van der Waals surface area (Å²) in [5.41, 5.74) is 3.14. The molecule has 0 saturated heterocycles. The zero-order valence-electron chi connectivity index (χ0n) is 9.54. The number of rotatable bonds is 2. The van der Waals surface area contributed by atoms with E-state index >= 15 is 0 Å². The van der Waals surface area contributed by atoms with Crippen molar-refractivity contribution < 1.29 is 4.79 Å². The van der Waals surface area contributed by atoms with Gasteiger partial charge >= 0.3 is 0 Å². The van der Waals surface area contributed by atoms with E-state index in [2.05, 4.69) is 18.4 Å². The summed E-state index contributed by atoms with van der Waals surface area (Å²) in [4.78, 5) is 10.7. The van der Waals surface area contributed by atoms with Crippen molar-refractivity contribution in [1.82, 2.24) is 0 Å². The highest BCUT2D eigenvalue weighted by molar-refractivity contribution is 8.13. The lowest BCUT2D eigenvalue weighted by molar-refractivity contribution is -0.109. The van der Waals surface area contributed by atoms with Gasteiger partial charge in [0.05, 0.1) is 5.75 Å². The van der Waals surface area contributed by atoms with Gasteiger partial charge in [-0.05, 0) is 24.6 Å². The molecule has 0 bridgehead atoms. The van der Waals surface area contributed by atoms with Crippen molar-refractivity contribution in [2.24, 2.45) is 0 Å². The van der Waals surface area contributed by atoms with Crippen molar-refractivity contribution in [1.29, 1.82) is 0 Å². The van der Waals surface area contributed by atoms with Crippen molar-refractivity contribution in [3.8, 4) is 11.8 Å². The molecule has 16 heavy (non-hydrogen) atoms. The molecule has 0 heterocycles. The van der Waals surface area contributed by atoms with Gasteiger partial charge in [-0.15, -0.1) is 0 Å². The predicted octanol–water partition coefficient (Wildman–Crippen LogP) is 3.35. The van der Waals surface area contributed by atoms with Crippen molar-refractivity contribution in [3.05, 3.63) is 42.0 Å². The van der Waals surface area contributed by atoms with Crippen LogP contribution in [0.15, 0.2) is 30.8 Å². The first-order valence-electron chi connectivity index (χ1n) is 4.98. The molecule has 0 aromatic heterocycles. The van der Waals surface area contributed by atoms with E-state index in [4.69, 9.17) is 0 Å². The normalized spacial score (nSPS) is 9.12. The molecule has 0 aliphatic heterocycles. The molecule has 0 N–H and O–H groups in total. The number of carbonyl (C=O) groups excluding carboxylic acids is 1. The van der Waals surface area contributed by atoms with Crippen LogP contribution in [-0.4, -0.2) is 10.9 Å². The van der Waals surface area contributed by atoms with Crippen molar-refractivity contribution in [3.63, 3.8) is 0 Å². The third-order valence-corrected chi connectivity index (χ3v) is 2.65. The molecule has 0 aliphatic carbocycles. The van der Waals surface area contributed by atoms with Crippen LogP contribution in [0.1, 0.15) is 25.0 Å². The minimum Gasteiger partial charge on any atom is -0.288 e. The lowest BCUT2D eigenvalue weighted by Crippen LogP contribution is -1.83. The zero-order chi connectivity index (χ0) is 12.0. The molecule has 0 saturated carbocycles. The van der Waals surface area contributed by atoms with Gasteiger partial charge in [0.1, 0.15) is 0 Å². The van der Waals surface area contributed by atoms with Crippen molar-refractivity contribution >= 4 is 22.5 Å². The number of allylic oxidation sites excluding steroid dienone is 1. The van der Waals surface area contributed by atoms with Crippen LogP contribution >= 0.6 is 11.8 Å². The van der Waals surface area contributed by atoms with Crippen LogP contribution in [0.5, 0.6) is 0 Å². The standard InChI is InChI=1S/C14H14OS/c1-11(2)14-8-6-13(7-9-14)5-4-10-16-12(3)15/h6-9H,1,10H2,2-3H3. The first-order chi connectivity index (χ1) is 7.59. The highest BCUT2D eigenvalue weighted by atomic mass is 32.2. The molecule has 0 atom stereocenters. The largest absolute Gasteiger partial charge is 0.288 e. The topological polar surface area (TPSA) is 17.1 Å². The Morgan fingerprint density at radius 2 is 1.94 bits per heavy atom. The molecule has 1 rings (SSSR count). The summed E-state index contributed by atoms with van der Waals surface area (Å²) in [6.07, 6.45) is 0. The Hall–Kier alpha value is -1.46. The third-order valence-electron chi connectivity index (χ3n) is 1.96. The van der Waals surface area contributed by atoms with Gasteiger partial charge in [0.15, 0.2) is 5.12 Å². The molecule has 1 aromatic rings. The van der Waals surface area contributed by atoms with Crippen LogP contribution in [0.4, 0.5) is 0 Å². The summed E-state index contributed by atoms with van der Waals surface area (Å²) in [5, 5.41) is 0.104. The molecular weight excluding hydrogens is 216 g/mol. The molecule has 1 nitrogen and oxygen atoms in total. The first kappa shape index (κ1) is 12.6. The number of thioether (sulfide) groups is 1. The second kappa shape index (κ2) is 6.19. The van der Waals surface area contributed by atoms with Gasteiger partial charge < -0.3 is 0 Å². The van der Waals surface area contributed by atoms with Crippen molar-refractivity contribution in [2.45, 2.75) is 13.8 Å². The monoisotopic (exact) mass is 230 g/mol. The maximum atomic E-state index is 10.7. The molecule has 0 amide bonds. The molecule has 0 spiro atoms. The summed E-state index contributed by atoms with van der Waals surface area (Å²) in [5.74, 6) is 6.52. The lowest BCUT2D eigenvalue weighted by atomic mass is 10.1. The third kappa shape index (κ3) is 4.37. The van der Waals surface area contributed by atoms with Gasteiger partial charge in [0, 0.05) is 12.5 Å². The highest BCUT2D eigenvalue weighted by Gasteiger charge is 1.92. The zero-order valence-corrected chi connectivity index (χ0v) is 10.4. The Kier molecular flexibility index (Phi) is 4.88. The second-order valence-electron chi connectivity index (χ2n) is 3.44. The quantitative estimate of drug-likeness (QED) is 0.725. The summed E-state index contributed by atoms with van der Waals surface area (Å²) in [6, 6.07) is 7.94. The Morgan fingerprint density at radius 1 is 1.31 bits per heavy atom. The maximum absolute atomic E-state index is 10.7. The fraction of sp³-hybridized carbons (Fsp3) is 0.214. The molecule has 0 radical (unpaired) electrons. The van der Waals surface area contributed by atoms with E-state index in [1.54, 1.807) is 6.92 Å². The van der Waals surface area contributed by atoms with Gasteiger partial charge in [-0.25, -0.2) is 0 Å². The minimum absolute atomic E-state index is 0.104. The number of benzene rings is 1. The van der Waals surface area contributed by atoms with Crippen LogP contribution in [0.25, 0.3) is 5.57 Å². The van der Waals surface area contributed by atoms with Gasteiger partial charge in [-0.1, -0.05) is 47.9 Å². The van der Waals surface area contributed by atoms with E-state index in [0.717, 1.165) is 16.7 Å². The van der Waals surface area contributed by atoms with Gasteiger partial charge in [-0.3, -0.25) is 4.79 Å². The summed E-state index contributed by atoms with van der Waals surface area (Å²) >= 11 is 1.23. The molecule has 82 valence electrons. The fourth-order valence-electron chi connectivity index (χ4n) is 1.11. The lowest BCUT2D eigenvalue weighted by Gasteiger charge is -1.98. The minimum atomic E-state index is 0.104. The van der Waals surface area contributed by atoms with E-state index in [0.29, 0.717) is 5.75 Å². The number of hydrogen-bond acceptors (Lipinski definition) is 2. The smallest absolute Gasteiger partial charge is 0.186 e. The van der Waals surface area contributed by atoms with Gasteiger partial charge in [0.2, 0.25) is 0 Å². The van der Waals surface area contributed by atoms with E-state index in [1.807, 2.05) is 31.2 Å². The van der Waals surface area contributed by atoms with Crippen LogP contribution in [-0.2, 0) is 4.79 Å². The molecule has 0 fully saturated rings. The summed E-state index contributed by atoms with van der Waals surface area (Å²) < 4.78 is 0. The molecule has 0 unspecified atom stereocenters. The SMILES string of the molecule is C=C(C)c1ccc(C#CCSC(C)=O)cc1. The Balaban J connectivity index is 2.61. The van der Waals surface area contributed by atoms with Crippen LogP contribution in [0, 0.1) is 11.8 Å². The average Bonchev–Trinajstić information content (AvgIpc) is 2.25. The summed E-state index contributed by atoms with van der Waals surface area (Å²) in [7, 11) is 0. The first-order valence-corrected chi connectivity index (χ1v) is 5.96. The van der Waals surface area contributed by atoms with Crippen molar-refractivity contribution in [2.75, 3.05) is 5.75 Å². The van der Waals surface area contributed by atoms with E-state index < -0.39 is 0 Å². The Morgan fingerprint density at radius 3 is 2.44 bits per heavy atom. The summed E-state index contributed by atoms with van der Waals surface area (Å²) in [6.45, 7) is 7.40. The van der Waals surface area contributed by atoms with Crippen LogP contribution < -0.4 is 0 Å². The van der Waals surface area contributed by atoms with Crippen LogP contribution in [0.3, 0.4) is 0 Å². The van der Waals surface area contributed by atoms with Gasteiger partial charge in [-0.2, -0.15) is 0 Å². The van der Waals surface area contributed by atoms with E-state index in [1.165, 1.54) is 11.8 Å². The Bertz CT molecular complexity index is 446. The van der Waals surface area contributed by atoms with Crippen LogP contribution in [0.2, 0.25) is 0 Å². The average molecular weight is 230 g/mol. The Labute approximate surface area is 101 Å².